The predicted molar refractivity (Wildman–Crippen MR) is 270 cm³/mol. The first-order valence-corrected chi connectivity index (χ1v) is 27.9. The van der Waals surface area contributed by atoms with Gasteiger partial charge in [0.1, 0.15) is 43.2 Å². The fourth-order valence-electron chi connectivity index (χ4n) is 6.78. The number of allylic oxidation sites excluding steroid dienone is 15. The number of carbonyl (C=O) groups excluding carboxylic acids is 2. The van der Waals surface area contributed by atoms with Gasteiger partial charge in [0.2, 0.25) is 0 Å². The molecule has 0 spiro atoms. The monoisotopic (exact) mass is 1030 g/mol. The summed E-state index contributed by atoms with van der Waals surface area (Å²) in [7, 11) is -10.7. The molecule has 70 heavy (non-hydrogen) atoms. The number of esters is 2. The van der Waals surface area contributed by atoms with Gasteiger partial charge in [-0.25, -0.2) is 9.13 Å². The summed E-state index contributed by atoms with van der Waals surface area (Å²) in [5.74, 6) is -1.34. The van der Waals surface area contributed by atoms with E-state index >= 15 is 0 Å². The minimum Gasteiger partial charge on any atom is -0.462 e. The van der Waals surface area contributed by atoms with Crippen molar-refractivity contribution in [2.24, 2.45) is 0 Å². The molecule has 9 atom stereocenters. The van der Waals surface area contributed by atoms with Gasteiger partial charge in [-0.3, -0.25) is 23.2 Å². The number of phosphoric ester groups is 2. The SMILES string of the molecule is CCCCC/C=C\C/C=C\C/C=C\C/C=C\CCCCCC(=O)O[C@H](COC(=O)CCC/C=C\C/C=C\C/C=C\C/C=C\[C@@H](O)CCCC)COP(=O)(O)O[C@H]1C(O)C(O)C(O)[C@@H](OP(=O)(O)O)C1O. The number of ether oxygens (including phenoxy) is 2. The summed E-state index contributed by atoms with van der Waals surface area (Å²) < 4.78 is 49.3. The van der Waals surface area contributed by atoms with Crippen molar-refractivity contribution < 1.29 is 82.0 Å². The van der Waals surface area contributed by atoms with E-state index in [1.165, 1.54) is 19.3 Å². The summed E-state index contributed by atoms with van der Waals surface area (Å²) in [5.41, 5.74) is 0. The summed E-state index contributed by atoms with van der Waals surface area (Å²) >= 11 is 0. The van der Waals surface area contributed by atoms with Crippen LogP contribution in [-0.4, -0.2) is 114 Å². The molecule has 0 radical (unpaired) electrons. The van der Waals surface area contributed by atoms with Crippen molar-refractivity contribution in [2.45, 2.75) is 198 Å². The average molecular weight is 1030 g/mol. The van der Waals surface area contributed by atoms with Crippen molar-refractivity contribution in [1.29, 1.82) is 0 Å². The van der Waals surface area contributed by atoms with Gasteiger partial charge in [-0.2, -0.15) is 0 Å². The van der Waals surface area contributed by atoms with Crippen LogP contribution in [0, 0.1) is 0 Å². The number of aliphatic hydroxyl groups is 5. The van der Waals surface area contributed by atoms with Crippen LogP contribution in [0.4, 0.5) is 0 Å². The first-order valence-electron chi connectivity index (χ1n) is 24.9. The van der Waals surface area contributed by atoms with E-state index in [9.17, 15) is 58.9 Å². The third-order valence-corrected chi connectivity index (χ3v) is 12.2. The molecule has 17 nitrogen and oxygen atoms in total. The Balaban J connectivity index is 2.65. The van der Waals surface area contributed by atoms with Crippen LogP contribution in [0.25, 0.3) is 0 Å². The lowest BCUT2D eigenvalue weighted by Gasteiger charge is -2.43. The van der Waals surface area contributed by atoms with Crippen LogP contribution in [0.3, 0.4) is 0 Å². The number of aliphatic hydroxyl groups excluding tert-OH is 5. The first kappa shape index (κ1) is 64.9. The van der Waals surface area contributed by atoms with Gasteiger partial charge in [-0.1, -0.05) is 143 Å². The lowest BCUT2D eigenvalue weighted by molar-refractivity contribution is -0.216. The van der Waals surface area contributed by atoms with Crippen molar-refractivity contribution in [3.8, 4) is 0 Å². The number of rotatable bonds is 40. The van der Waals surface area contributed by atoms with Crippen molar-refractivity contribution in [1.82, 2.24) is 0 Å². The Hall–Kier alpha value is -3.12. The van der Waals surface area contributed by atoms with Crippen molar-refractivity contribution in [2.75, 3.05) is 13.2 Å². The summed E-state index contributed by atoms with van der Waals surface area (Å²) in [6, 6.07) is 0. The fraction of sp³-hybridized carbons (Fsp3) is 0.647. The van der Waals surface area contributed by atoms with Gasteiger partial charge in [0.05, 0.1) is 12.7 Å². The van der Waals surface area contributed by atoms with E-state index in [0.29, 0.717) is 32.1 Å². The second-order valence-corrected chi connectivity index (χ2v) is 19.6. The molecule has 0 aliphatic heterocycles. The quantitative estimate of drug-likeness (QED) is 0.0123. The lowest BCUT2D eigenvalue weighted by Crippen LogP contribution is -2.64. The second-order valence-electron chi connectivity index (χ2n) is 17.0. The average Bonchev–Trinajstić information content (AvgIpc) is 3.31. The highest BCUT2D eigenvalue weighted by Gasteiger charge is 2.54. The highest BCUT2D eigenvalue weighted by Crippen LogP contribution is 2.49. The zero-order valence-electron chi connectivity index (χ0n) is 41.3. The van der Waals surface area contributed by atoms with E-state index in [2.05, 4.69) is 73.1 Å². The third-order valence-electron chi connectivity index (χ3n) is 10.7. The van der Waals surface area contributed by atoms with Crippen LogP contribution in [0.5, 0.6) is 0 Å². The Kier molecular flexibility index (Phi) is 37.4. The van der Waals surface area contributed by atoms with Gasteiger partial charge in [-0.15, -0.1) is 0 Å². The summed E-state index contributed by atoms with van der Waals surface area (Å²) in [4.78, 5) is 54.3. The highest BCUT2D eigenvalue weighted by molar-refractivity contribution is 7.47. The number of unbranched alkanes of at least 4 members (excludes halogenated alkanes) is 8. The summed E-state index contributed by atoms with van der Waals surface area (Å²) in [5, 5.41) is 51.1. The van der Waals surface area contributed by atoms with Crippen molar-refractivity contribution in [3.63, 3.8) is 0 Å². The largest absolute Gasteiger partial charge is 0.472 e. The maximum atomic E-state index is 13.0. The normalized spacial score (nSPS) is 22.3. The Morgan fingerprint density at radius 3 is 1.49 bits per heavy atom. The van der Waals surface area contributed by atoms with E-state index in [1.54, 1.807) is 0 Å². The van der Waals surface area contributed by atoms with Gasteiger partial charge in [0.15, 0.2) is 6.10 Å². The van der Waals surface area contributed by atoms with E-state index in [0.717, 1.165) is 70.6 Å². The van der Waals surface area contributed by atoms with Gasteiger partial charge in [-0.05, 0) is 89.9 Å². The molecule has 0 heterocycles. The van der Waals surface area contributed by atoms with Crippen LogP contribution in [-0.2, 0) is 41.8 Å². The number of hydrogen-bond donors (Lipinski definition) is 8. The topological polar surface area (TPSA) is 276 Å². The van der Waals surface area contributed by atoms with Gasteiger partial charge >= 0.3 is 27.6 Å². The molecule has 0 aromatic rings. The summed E-state index contributed by atoms with van der Waals surface area (Å²) in [6.45, 7) is 2.85. The van der Waals surface area contributed by atoms with Gasteiger partial charge in [0, 0.05) is 12.8 Å². The Labute approximate surface area is 416 Å². The Bertz CT molecular complexity index is 1730. The molecule has 0 bridgehead atoms. The highest BCUT2D eigenvalue weighted by atomic mass is 31.2. The van der Waals surface area contributed by atoms with Crippen LogP contribution in [0.1, 0.15) is 149 Å². The van der Waals surface area contributed by atoms with E-state index in [4.69, 9.17) is 18.5 Å². The van der Waals surface area contributed by atoms with Crippen LogP contribution >= 0.6 is 15.6 Å². The molecule has 1 rings (SSSR count). The minimum atomic E-state index is -5.38. The third kappa shape index (κ3) is 34.3. The smallest absolute Gasteiger partial charge is 0.462 e. The zero-order valence-corrected chi connectivity index (χ0v) is 43.1. The predicted octanol–water partition coefficient (Wildman–Crippen LogP) is 8.92. The second kappa shape index (κ2) is 40.4. The molecular weight excluding hydrogens is 946 g/mol. The molecule has 19 heteroatoms. The maximum Gasteiger partial charge on any atom is 0.472 e. The standard InChI is InChI=1S/C51H84O17P2/c1-3-5-7-8-9-10-11-12-13-14-15-16-17-18-23-26-29-32-35-39-45(54)66-43(41-65-70(62,63)68-51-48(57)46(55)47(56)50(49(51)58)67-69(59,60)61)40-64-44(53)38-34-31-28-25-22-20-19-21-24-27-30-33-37-42(52)36-6-4-2/h9-10,12-13,15-16,18-20,23-25,27-28,33,37,42-43,46-52,55-58H,3-8,11,14,17,21-22,26,29-32,34-36,38-41H2,1-2H3,(H,62,63)(H2,59,60,61)/b10-9-,13-12-,16-15-,20-19-,23-18-,27-24-,28-25-,37-33-/t42-,43+,46?,47?,48?,49?,50+,51-/m0/s1. The van der Waals surface area contributed by atoms with E-state index in [-0.39, 0.29) is 12.8 Å². The molecule has 1 aliphatic rings. The number of phosphoric acid groups is 2. The molecule has 1 saturated carbocycles. The van der Waals surface area contributed by atoms with Crippen LogP contribution < -0.4 is 0 Å². The molecule has 1 aliphatic carbocycles. The molecule has 5 unspecified atom stereocenters. The van der Waals surface area contributed by atoms with Crippen LogP contribution in [0.2, 0.25) is 0 Å². The molecule has 0 saturated heterocycles. The minimum absolute atomic E-state index is 0.0150. The Morgan fingerprint density at radius 1 is 0.514 bits per heavy atom. The van der Waals surface area contributed by atoms with Crippen molar-refractivity contribution in [3.05, 3.63) is 97.2 Å². The number of carbonyl (C=O) groups is 2. The van der Waals surface area contributed by atoms with Gasteiger partial charge in [0.25, 0.3) is 0 Å². The molecule has 0 aromatic carbocycles. The van der Waals surface area contributed by atoms with Gasteiger partial charge < -0.3 is 49.7 Å². The summed E-state index contributed by atoms with van der Waals surface area (Å²) in [6.07, 6.45) is 34.1. The molecular formula is C51H84O17P2. The molecule has 400 valence electrons. The van der Waals surface area contributed by atoms with Crippen molar-refractivity contribution >= 4 is 27.6 Å². The first-order chi connectivity index (χ1) is 33.5. The molecule has 0 aromatic heterocycles. The zero-order chi connectivity index (χ0) is 51.9. The number of hydrogen-bond acceptors (Lipinski definition) is 14. The lowest BCUT2D eigenvalue weighted by atomic mass is 9.85. The molecule has 8 N–H and O–H groups in total. The Morgan fingerprint density at radius 2 is 0.971 bits per heavy atom. The molecule has 1 fully saturated rings. The van der Waals surface area contributed by atoms with E-state index in [1.807, 2.05) is 42.5 Å². The maximum absolute atomic E-state index is 13.0. The van der Waals surface area contributed by atoms with Crippen LogP contribution in [0.15, 0.2) is 97.2 Å². The van der Waals surface area contributed by atoms with E-state index < -0.39 is 89.6 Å². The molecule has 0 amide bonds. The fourth-order valence-corrected chi connectivity index (χ4v) is 8.32.